The van der Waals surface area contributed by atoms with Gasteiger partial charge in [-0.2, -0.15) is 5.10 Å². The van der Waals surface area contributed by atoms with E-state index in [1.165, 1.54) is 18.5 Å². The molecular formula is C23H28N4O4. The van der Waals surface area contributed by atoms with Crippen molar-refractivity contribution in [3.8, 4) is 5.75 Å². The van der Waals surface area contributed by atoms with Gasteiger partial charge in [-0.1, -0.05) is 18.2 Å². The van der Waals surface area contributed by atoms with E-state index in [0.717, 1.165) is 29.9 Å². The van der Waals surface area contributed by atoms with E-state index < -0.39 is 11.6 Å². The molecule has 0 fully saturated rings. The van der Waals surface area contributed by atoms with Crippen LogP contribution in [-0.4, -0.2) is 36.0 Å². The monoisotopic (exact) mass is 424 g/mol. The maximum absolute atomic E-state index is 12.6. The Hall–Kier alpha value is -3.42. The quantitative estimate of drug-likeness (QED) is 0.537. The van der Waals surface area contributed by atoms with Crippen LogP contribution in [-0.2, 0) is 30.7 Å². The summed E-state index contributed by atoms with van der Waals surface area (Å²) in [4.78, 5) is 28.1. The largest absolute Gasteiger partial charge is 0.478 e. The zero-order valence-corrected chi connectivity index (χ0v) is 18.1. The van der Waals surface area contributed by atoms with Gasteiger partial charge in [-0.25, -0.2) is 14.3 Å². The van der Waals surface area contributed by atoms with Crippen LogP contribution in [0.5, 0.6) is 5.75 Å². The Kier molecular flexibility index (Phi) is 6.89. The molecule has 0 saturated carbocycles. The van der Waals surface area contributed by atoms with Gasteiger partial charge >= 0.3 is 11.7 Å². The van der Waals surface area contributed by atoms with Crippen LogP contribution < -0.4 is 10.4 Å². The van der Waals surface area contributed by atoms with E-state index in [9.17, 15) is 9.59 Å². The van der Waals surface area contributed by atoms with E-state index in [0.29, 0.717) is 25.3 Å². The number of hydrogen-bond acceptors (Lipinski definition) is 5. The van der Waals surface area contributed by atoms with E-state index in [1.807, 2.05) is 37.3 Å². The van der Waals surface area contributed by atoms with Crippen LogP contribution in [0.3, 0.4) is 0 Å². The molecule has 31 heavy (non-hydrogen) atoms. The Labute approximate surface area is 181 Å². The number of carboxylic acid groups (broad SMARTS) is 1. The standard InChI is InChI=1S/C23H28N4O4/c1-4-26-20(25-27(22(26)30)16-18-9-5-6-15-24-18)10-7-8-17-11-13-19(14-12-17)31-23(2,3)21(28)29/h5-6,9,11-15H,4,7-8,10,16H2,1-3H3,(H,28,29). The molecule has 1 aromatic carbocycles. The third-order valence-electron chi connectivity index (χ3n) is 5.03. The van der Waals surface area contributed by atoms with Crippen molar-refractivity contribution < 1.29 is 14.6 Å². The number of benzene rings is 1. The van der Waals surface area contributed by atoms with Crippen molar-refractivity contribution in [3.05, 3.63) is 76.2 Å². The smallest absolute Gasteiger partial charge is 0.347 e. The summed E-state index contributed by atoms with van der Waals surface area (Å²) >= 11 is 0. The highest BCUT2D eigenvalue weighted by Crippen LogP contribution is 2.20. The molecule has 164 valence electrons. The number of hydrogen-bond donors (Lipinski definition) is 1. The maximum atomic E-state index is 12.6. The van der Waals surface area contributed by atoms with Gasteiger partial charge in [-0.3, -0.25) is 9.55 Å². The molecule has 2 heterocycles. The fourth-order valence-electron chi connectivity index (χ4n) is 3.25. The van der Waals surface area contributed by atoms with Gasteiger partial charge in [0.25, 0.3) is 0 Å². The summed E-state index contributed by atoms with van der Waals surface area (Å²) in [6.45, 7) is 5.90. The van der Waals surface area contributed by atoms with Crippen molar-refractivity contribution >= 4 is 5.97 Å². The fourth-order valence-corrected chi connectivity index (χ4v) is 3.25. The van der Waals surface area contributed by atoms with Crippen LogP contribution in [0.25, 0.3) is 0 Å². The first-order chi connectivity index (χ1) is 14.8. The lowest BCUT2D eigenvalue weighted by molar-refractivity contribution is -0.152. The van der Waals surface area contributed by atoms with Crippen molar-refractivity contribution in [2.75, 3.05) is 0 Å². The number of carboxylic acids is 1. The second-order valence-corrected chi connectivity index (χ2v) is 7.84. The fraction of sp³-hybridized carbons (Fsp3) is 0.391. The summed E-state index contributed by atoms with van der Waals surface area (Å²) in [6, 6.07) is 13.0. The van der Waals surface area contributed by atoms with Crippen molar-refractivity contribution in [1.82, 2.24) is 19.3 Å². The number of pyridine rings is 1. The summed E-state index contributed by atoms with van der Waals surface area (Å²) in [5.41, 5.74) is 0.508. The molecule has 8 heteroatoms. The maximum Gasteiger partial charge on any atom is 0.347 e. The molecule has 0 atom stereocenters. The van der Waals surface area contributed by atoms with E-state index in [4.69, 9.17) is 9.84 Å². The molecule has 3 aromatic rings. The van der Waals surface area contributed by atoms with Crippen molar-refractivity contribution in [2.24, 2.45) is 0 Å². The predicted octanol–water partition coefficient (Wildman–Crippen LogP) is 2.93. The molecule has 0 aliphatic heterocycles. The van der Waals surface area contributed by atoms with Crippen LogP contribution in [0.1, 0.15) is 44.3 Å². The van der Waals surface area contributed by atoms with Crippen LogP contribution >= 0.6 is 0 Å². The number of nitrogens with zero attached hydrogens (tertiary/aromatic N) is 4. The molecule has 1 N–H and O–H groups in total. The first-order valence-electron chi connectivity index (χ1n) is 10.4. The van der Waals surface area contributed by atoms with Crippen LogP contribution in [0, 0.1) is 0 Å². The van der Waals surface area contributed by atoms with Gasteiger partial charge in [0.15, 0.2) is 5.60 Å². The van der Waals surface area contributed by atoms with Gasteiger partial charge < -0.3 is 9.84 Å². The van der Waals surface area contributed by atoms with Crippen LogP contribution in [0.4, 0.5) is 0 Å². The number of aromatic nitrogens is 4. The highest BCUT2D eigenvalue weighted by Gasteiger charge is 2.29. The zero-order valence-electron chi connectivity index (χ0n) is 18.1. The number of carbonyl (C=O) groups is 1. The summed E-state index contributed by atoms with van der Waals surface area (Å²) in [5, 5.41) is 13.7. The number of aryl methyl sites for hydroxylation is 2. The first kappa shape index (κ1) is 22.3. The molecular weight excluding hydrogens is 396 g/mol. The zero-order chi connectivity index (χ0) is 22.4. The Morgan fingerprint density at radius 1 is 1.13 bits per heavy atom. The van der Waals surface area contributed by atoms with Crippen LogP contribution in [0.15, 0.2) is 53.5 Å². The number of rotatable bonds is 10. The molecule has 0 aliphatic rings. The van der Waals surface area contributed by atoms with Gasteiger partial charge in [0.2, 0.25) is 0 Å². The van der Waals surface area contributed by atoms with E-state index in [1.54, 1.807) is 22.9 Å². The Bertz CT molecular complexity index is 1070. The highest BCUT2D eigenvalue weighted by molar-refractivity contribution is 5.76. The van der Waals surface area contributed by atoms with Gasteiger partial charge in [0.1, 0.15) is 11.6 Å². The lowest BCUT2D eigenvalue weighted by atomic mass is 10.1. The molecule has 0 bridgehead atoms. The Morgan fingerprint density at radius 2 is 1.87 bits per heavy atom. The highest BCUT2D eigenvalue weighted by atomic mass is 16.5. The third kappa shape index (κ3) is 5.59. The van der Waals surface area contributed by atoms with Gasteiger partial charge in [0, 0.05) is 19.2 Å². The SMILES string of the molecule is CCn1c(CCCc2ccc(OC(C)(C)C(=O)O)cc2)nn(Cc2ccccn2)c1=O. The van der Waals surface area contributed by atoms with Gasteiger partial charge in [-0.15, -0.1) is 0 Å². The van der Waals surface area contributed by atoms with E-state index >= 15 is 0 Å². The number of aliphatic carboxylic acids is 1. The minimum Gasteiger partial charge on any atom is -0.478 e. The second-order valence-electron chi connectivity index (χ2n) is 7.84. The molecule has 0 unspecified atom stereocenters. The molecule has 0 spiro atoms. The van der Waals surface area contributed by atoms with Crippen molar-refractivity contribution in [3.63, 3.8) is 0 Å². The molecule has 2 aromatic heterocycles. The topological polar surface area (TPSA) is 99.2 Å². The third-order valence-corrected chi connectivity index (χ3v) is 5.03. The minimum atomic E-state index is -1.28. The molecule has 0 radical (unpaired) electrons. The molecule has 0 amide bonds. The van der Waals surface area contributed by atoms with E-state index in [2.05, 4.69) is 10.1 Å². The molecule has 0 aliphatic carbocycles. The summed E-state index contributed by atoms with van der Waals surface area (Å²) < 4.78 is 8.70. The lowest BCUT2D eigenvalue weighted by Crippen LogP contribution is -2.37. The average molecular weight is 425 g/mol. The second kappa shape index (κ2) is 9.59. The lowest BCUT2D eigenvalue weighted by Gasteiger charge is -2.21. The van der Waals surface area contributed by atoms with Gasteiger partial charge in [0.05, 0.1) is 12.2 Å². The molecule has 8 nitrogen and oxygen atoms in total. The first-order valence-corrected chi connectivity index (χ1v) is 10.4. The summed E-state index contributed by atoms with van der Waals surface area (Å²) in [5.74, 6) is 0.275. The summed E-state index contributed by atoms with van der Waals surface area (Å²) in [6.07, 6.45) is 4.04. The van der Waals surface area contributed by atoms with Crippen LogP contribution in [0.2, 0.25) is 0 Å². The molecule has 3 rings (SSSR count). The summed E-state index contributed by atoms with van der Waals surface area (Å²) in [7, 11) is 0. The van der Waals surface area contributed by atoms with E-state index in [-0.39, 0.29) is 5.69 Å². The minimum absolute atomic E-state index is 0.120. The Balaban J connectivity index is 1.61. The number of ether oxygens (including phenoxy) is 1. The molecule has 0 saturated heterocycles. The van der Waals surface area contributed by atoms with Crippen molar-refractivity contribution in [2.45, 2.75) is 58.7 Å². The normalized spacial score (nSPS) is 11.5. The Morgan fingerprint density at radius 3 is 2.48 bits per heavy atom. The van der Waals surface area contributed by atoms with Gasteiger partial charge in [-0.05, 0) is 63.4 Å². The average Bonchev–Trinajstić information content (AvgIpc) is 3.04. The van der Waals surface area contributed by atoms with Crippen molar-refractivity contribution in [1.29, 1.82) is 0 Å². The predicted molar refractivity (Wildman–Crippen MR) is 116 cm³/mol.